The molecule has 0 aliphatic carbocycles. The number of nitrogens with zero attached hydrogens (tertiary/aromatic N) is 2. The molecule has 1 amide bonds. The Balaban J connectivity index is 1.87. The van der Waals surface area contributed by atoms with Crippen LogP contribution in [0.1, 0.15) is 23.9 Å². The number of fused-ring (bicyclic) bond motifs is 1. The highest BCUT2D eigenvalue weighted by Gasteiger charge is 2.36. The van der Waals surface area contributed by atoms with Gasteiger partial charge in [-0.15, -0.1) is 0 Å². The number of aryl methyl sites for hydroxylation is 2. The third-order valence-electron chi connectivity index (χ3n) is 4.12. The summed E-state index contributed by atoms with van der Waals surface area (Å²) < 4.78 is 39.4. The molecule has 3 rings (SSSR count). The SMILES string of the molecule is Cc1ccc(NC(=O)C(C)Sc2nc(C(F)(F)F)nc3ccccc23)c(C)c1. The summed E-state index contributed by atoms with van der Waals surface area (Å²) in [5.74, 6) is -1.52. The number of hydrogen-bond donors (Lipinski definition) is 1. The van der Waals surface area contributed by atoms with E-state index in [4.69, 9.17) is 0 Å². The summed E-state index contributed by atoms with van der Waals surface area (Å²) in [5, 5.41) is 2.78. The highest BCUT2D eigenvalue weighted by Crippen LogP contribution is 2.34. The van der Waals surface area contributed by atoms with Crippen molar-refractivity contribution < 1.29 is 18.0 Å². The summed E-state index contributed by atoms with van der Waals surface area (Å²) in [7, 11) is 0. The van der Waals surface area contributed by atoms with Crippen molar-refractivity contribution in [2.45, 2.75) is 37.2 Å². The van der Waals surface area contributed by atoms with E-state index in [2.05, 4.69) is 15.3 Å². The lowest BCUT2D eigenvalue weighted by Crippen LogP contribution is -2.23. The number of aromatic nitrogens is 2. The Morgan fingerprint density at radius 1 is 1.11 bits per heavy atom. The van der Waals surface area contributed by atoms with Gasteiger partial charge in [-0.3, -0.25) is 4.79 Å². The van der Waals surface area contributed by atoms with Gasteiger partial charge in [0.2, 0.25) is 11.7 Å². The topological polar surface area (TPSA) is 54.9 Å². The standard InChI is InChI=1S/C20H18F3N3OS/c1-11-8-9-15(12(2)10-11)24-17(27)13(3)28-18-14-6-4-5-7-16(14)25-19(26-18)20(21,22)23/h4-10,13H,1-3H3,(H,24,27). The first-order valence-corrected chi connectivity index (χ1v) is 9.42. The number of alkyl halides is 3. The number of amides is 1. The van der Waals surface area contributed by atoms with Crippen LogP contribution in [0.5, 0.6) is 0 Å². The van der Waals surface area contributed by atoms with Gasteiger partial charge in [0.05, 0.1) is 10.8 Å². The molecule has 4 nitrogen and oxygen atoms in total. The summed E-state index contributed by atoms with van der Waals surface area (Å²) in [4.78, 5) is 19.8. The second-order valence-electron chi connectivity index (χ2n) is 6.43. The van der Waals surface area contributed by atoms with Crippen LogP contribution >= 0.6 is 11.8 Å². The Kier molecular flexibility index (Phi) is 5.60. The van der Waals surface area contributed by atoms with E-state index < -0.39 is 17.3 Å². The number of halogens is 3. The third kappa shape index (κ3) is 4.44. The van der Waals surface area contributed by atoms with Crippen LogP contribution in [0.3, 0.4) is 0 Å². The van der Waals surface area contributed by atoms with E-state index in [1.807, 2.05) is 32.0 Å². The van der Waals surface area contributed by atoms with Crippen molar-refractivity contribution in [2.75, 3.05) is 5.32 Å². The van der Waals surface area contributed by atoms with E-state index in [-0.39, 0.29) is 16.4 Å². The molecule has 8 heteroatoms. The van der Waals surface area contributed by atoms with E-state index in [9.17, 15) is 18.0 Å². The number of rotatable bonds is 4. The quantitative estimate of drug-likeness (QED) is 0.467. The fraction of sp³-hybridized carbons (Fsp3) is 0.250. The maximum absolute atomic E-state index is 13.1. The first kappa shape index (κ1) is 20.1. The van der Waals surface area contributed by atoms with E-state index in [1.165, 1.54) is 6.07 Å². The molecule has 3 aromatic rings. The number of carbonyl (C=O) groups is 1. The van der Waals surface area contributed by atoms with E-state index >= 15 is 0 Å². The average molecular weight is 405 g/mol. The number of thioether (sulfide) groups is 1. The zero-order chi connectivity index (χ0) is 20.5. The molecule has 0 radical (unpaired) electrons. The van der Waals surface area contributed by atoms with Crippen LogP contribution in [-0.2, 0) is 11.0 Å². The number of nitrogens with one attached hydrogen (secondary N) is 1. The van der Waals surface area contributed by atoms with Crippen LogP contribution in [0.25, 0.3) is 10.9 Å². The van der Waals surface area contributed by atoms with Gasteiger partial charge in [0.15, 0.2) is 0 Å². The summed E-state index contributed by atoms with van der Waals surface area (Å²) in [6.45, 7) is 5.47. The van der Waals surface area contributed by atoms with Gasteiger partial charge in [0, 0.05) is 11.1 Å². The molecule has 1 aromatic heterocycles. The molecule has 2 aromatic carbocycles. The fourth-order valence-corrected chi connectivity index (χ4v) is 3.61. The number of para-hydroxylation sites is 1. The second-order valence-corrected chi connectivity index (χ2v) is 7.76. The van der Waals surface area contributed by atoms with Crippen LogP contribution in [0.4, 0.5) is 18.9 Å². The predicted molar refractivity (Wildman–Crippen MR) is 104 cm³/mol. The Labute approximate surface area is 164 Å². The van der Waals surface area contributed by atoms with Crippen LogP contribution in [0.2, 0.25) is 0 Å². The molecule has 0 aliphatic rings. The Bertz CT molecular complexity index is 1040. The van der Waals surface area contributed by atoms with Gasteiger partial charge in [0.25, 0.3) is 0 Å². The molecule has 0 aliphatic heterocycles. The molecular formula is C20H18F3N3OS. The van der Waals surface area contributed by atoms with Gasteiger partial charge in [0.1, 0.15) is 5.03 Å². The minimum absolute atomic E-state index is 0.126. The molecule has 0 bridgehead atoms. The lowest BCUT2D eigenvalue weighted by molar-refractivity contribution is -0.145. The Morgan fingerprint density at radius 2 is 1.82 bits per heavy atom. The molecule has 1 N–H and O–H groups in total. The normalized spacial score (nSPS) is 12.8. The largest absolute Gasteiger partial charge is 0.451 e. The number of benzene rings is 2. The minimum Gasteiger partial charge on any atom is -0.325 e. The zero-order valence-corrected chi connectivity index (χ0v) is 16.3. The predicted octanol–water partition coefficient (Wildman–Crippen LogP) is 5.38. The van der Waals surface area contributed by atoms with Crippen molar-refractivity contribution in [3.05, 3.63) is 59.4 Å². The van der Waals surface area contributed by atoms with Crippen molar-refractivity contribution in [2.24, 2.45) is 0 Å². The van der Waals surface area contributed by atoms with Crippen molar-refractivity contribution >= 4 is 34.3 Å². The maximum Gasteiger partial charge on any atom is 0.451 e. The molecule has 0 saturated heterocycles. The highest BCUT2D eigenvalue weighted by atomic mass is 32.2. The molecule has 1 heterocycles. The summed E-state index contributed by atoms with van der Waals surface area (Å²) >= 11 is 0.977. The maximum atomic E-state index is 13.1. The average Bonchev–Trinajstić information content (AvgIpc) is 2.63. The molecule has 146 valence electrons. The van der Waals surface area contributed by atoms with Crippen molar-refractivity contribution in [1.29, 1.82) is 0 Å². The minimum atomic E-state index is -4.66. The highest BCUT2D eigenvalue weighted by molar-refractivity contribution is 8.00. The van der Waals surface area contributed by atoms with Gasteiger partial charge in [-0.25, -0.2) is 9.97 Å². The number of anilines is 1. The smallest absolute Gasteiger partial charge is 0.325 e. The van der Waals surface area contributed by atoms with Crippen molar-refractivity contribution in [1.82, 2.24) is 9.97 Å². The molecule has 0 fully saturated rings. The van der Waals surface area contributed by atoms with Crippen molar-refractivity contribution in [3.63, 3.8) is 0 Å². The Hall–Kier alpha value is -2.61. The number of hydrogen-bond acceptors (Lipinski definition) is 4. The molecule has 1 atom stereocenters. The van der Waals surface area contributed by atoms with E-state index in [0.29, 0.717) is 11.1 Å². The Morgan fingerprint density at radius 3 is 2.50 bits per heavy atom. The van der Waals surface area contributed by atoms with Gasteiger partial charge in [-0.1, -0.05) is 47.7 Å². The summed E-state index contributed by atoms with van der Waals surface area (Å²) in [5.41, 5.74) is 2.85. The summed E-state index contributed by atoms with van der Waals surface area (Å²) in [6.07, 6.45) is -4.66. The number of carbonyl (C=O) groups excluding carboxylic acids is 1. The van der Waals surface area contributed by atoms with Gasteiger partial charge in [-0.05, 0) is 38.5 Å². The van der Waals surface area contributed by atoms with E-state index in [1.54, 1.807) is 25.1 Å². The van der Waals surface area contributed by atoms with E-state index in [0.717, 1.165) is 22.9 Å². The summed E-state index contributed by atoms with van der Waals surface area (Å²) in [6, 6.07) is 12.1. The molecular weight excluding hydrogens is 387 g/mol. The van der Waals surface area contributed by atoms with Gasteiger partial charge in [-0.2, -0.15) is 13.2 Å². The van der Waals surface area contributed by atoms with Crippen LogP contribution in [0, 0.1) is 13.8 Å². The lowest BCUT2D eigenvalue weighted by Gasteiger charge is -2.15. The first-order valence-electron chi connectivity index (χ1n) is 8.54. The van der Waals surface area contributed by atoms with Crippen molar-refractivity contribution in [3.8, 4) is 0 Å². The first-order chi connectivity index (χ1) is 13.1. The van der Waals surface area contributed by atoms with Crippen LogP contribution < -0.4 is 5.32 Å². The third-order valence-corrected chi connectivity index (χ3v) is 5.22. The van der Waals surface area contributed by atoms with Crippen LogP contribution in [0.15, 0.2) is 47.5 Å². The fourth-order valence-electron chi connectivity index (χ4n) is 2.67. The molecule has 0 saturated carbocycles. The molecule has 28 heavy (non-hydrogen) atoms. The monoisotopic (exact) mass is 405 g/mol. The molecule has 0 spiro atoms. The molecule has 1 unspecified atom stereocenters. The van der Waals surface area contributed by atoms with Gasteiger partial charge < -0.3 is 5.32 Å². The lowest BCUT2D eigenvalue weighted by atomic mass is 10.1. The second kappa shape index (κ2) is 7.79. The van der Waals surface area contributed by atoms with Crippen LogP contribution in [-0.4, -0.2) is 21.1 Å². The zero-order valence-electron chi connectivity index (χ0n) is 15.5. The van der Waals surface area contributed by atoms with Gasteiger partial charge >= 0.3 is 6.18 Å².